The number of esters is 1. The average Bonchev–Trinajstić information content (AvgIpc) is 2.63. The van der Waals surface area contributed by atoms with Crippen LogP contribution in [0.4, 0.5) is 13.2 Å². The molecule has 6 nitrogen and oxygen atoms in total. The summed E-state index contributed by atoms with van der Waals surface area (Å²) in [4.78, 5) is 12.6. The molecular weight excluding hydrogens is 411 g/mol. The summed E-state index contributed by atoms with van der Waals surface area (Å²) in [5.41, 5.74) is -4.86. The first-order valence-corrected chi connectivity index (χ1v) is 10.4. The first-order valence-electron chi connectivity index (χ1n) is 8.97. The van der Waals surface area contributed by atoms with Gasteiger partial charge < -0.3 is 13.8 Å². The van der Waals surface area contributed by atoms with E-state index < -0.39 is 21.2 Å². The lowest BCUT2D eigenvalue weighted by molar-refractivity contribution is -1.01. The summed E-state index contributed by atoms with van der Waals surface area (Å²) in [7, 11) is -3.92. The van der Waals surface area contributed by atoms with Crippen LogP contribution in [0.3, 0.4) is 0 Å². The van der Waals surface area contributed by atoms with Crippen molar-refractivity contribution in [2.24, 2.45) is 0 Å². The molecule has 1 aromatic rings. The summed E-state index contributed by atoms with van der Waals surface area (Å²) in [6, 6.07) is 10.7. The topological polar surface area (TPSA) is 83.5 Å². The minimum Gasteiger partial charge on any atom is -0.741 e. The van der Waals surface area contributed by atoms with Crippen LogP contribution in [0.15, 0.2) is 43.0 Å². The second-order valence-corrected chi connectivity index (χ2v) is 8.34. The number of likely N-dealkylation sites (tertiary alicyclic amines) is 1. The van der Waals surface area contributed by atoms with Crippen molar-refractivity contribution in [2.45, 2.75) is 43.8 Å². The monoisotopic (exact) mass is 437 g/mol. The molecule has 0 amide bonds. The maximum absolute atomic E-state index is 12.6. The molecule has 1 heterocycles. The van der Waals surface area contributed by atoms with Gasteiger partial charge >= 0.3 is 11.5 Å². The number of alkyl halides is 3. The van der Waals surface area contributed by atoms with Gasteiger partial charge in [-0.15, -0.1) is 6.58 Å². The van der Waals surface area contributed by atoms with Gasteiger partial charge in [-0.25, -0.2) is 13.2 Å². The molecule has 164 valence electrons. The minimum atomic E-state index is -6.09. The van der Waals surface area contributed by atoms with E-state index in [0.29, 0.717) is 17.5 Å². The van der Waals surface area contributed by atoms with E-state index in [-0.39, 0.29) is 12.0 Å². The third-order valence-corrected chi connectivity index (χ3v) is 6.09. The number of ether oxygens (including phenoxy) is 1. The van der Waals surface area contributed by atoms with Gasteiger partial charge in [0.25, 0.3) is 0 Å². The number of nitrogens with zero attached hydrogens (tertiary/aromatic N) is 1. The Kier molecular flexibility index (Phi) is 8.03. The van der Waals surface area contributed by atoms with Gasteiger partial charge in [0, 0.05) is 12.0 Å². The molecule has 10 heteroatoms. The zero-order valence-electron chi connectivity index (χ0n) is 16.6. The number of carbonyl (C=O) groups is 1. The van der Waals surface area contributed by atoms with Crippen LogP contribution in [0.25, 0.3) is 0 Å². The smallest absolute Gasteiger partial charge is 0.485 e. The molecule has 3 atom stereocenters. The third kappa shape index (κ3) is 5.18. The molecule has 1 saturated heterocycles. The molecule has 1 unspecified atom stereocenters. The molecule has 0 N–H and O–H groups in total. The Labute approximate surface area is 169 Å². The summed E-state index contributed by atoms with van der Waals surface area (Å²) in [6.45, 7) is 9.33. The molecular formula is C19H26F3NO5S. The summed E-state index contributed by atoms with van der Waals surface area (Å²) < 4.78 is 65.0. The molecule has 29 heavy (non-hydrogen) atoms. The normalized spacial score (nSPS) is 25.1. The van der Waals surface area contributed by atoms with Gasteiger partial charge in [-0.1, -0.05) is 36.4 Å². The minimum absolute atomic E-state index is 0.0820. The largest absolute Gasteiger partial charge is 0.741 e. The second kappa shape index (κ2) is 9.27. The number of hydrogen-bond acceptors (Lipinski definition) is 5. The van der Waals surface area contributed by atoms with Crippen molar-refractivity contribution >= 4 is 16.1 Å². The number of likely N-dealkylation sites (N-methyl/N-ethyl adjacent to an activating group) is 1. The van der Waals surface area contributed by atoms with Crippen LogP contribution in [-0.4, -0.2) is 54.7 Å². The molecule has 0 aromatic heterocycles. The molecule has 0 spiro atoms. The molecule has 1 aliphatic heterocycles. The second-order valence-electron chi connectivity index (χ2n) is 6.97. The van der Waals surface area contributed by atoms with Crippen LogP contribution in [0.2, 0.25) is 0 Å². The molecule has 2 rings (SSSR count). The predicted molar refractivity (Wildman–Crippen MR) is 100 cm³/mol. The predicted octanol–water partition coefficient (Wildman–Crippen LogP) is 3.53. The van der Waals surface area contributed by atoms with Crippen molar-refractivity contribution in [2.75, 3.05) is 20.2 Å². The summed E-state index contributed by atoms with van der Waals surface area (Å²) in [6.07, 6.45) is 3.38. The number of carbonyl (C=O) groups excluding carboxylic acids is 1. The summed E-state index contributed by atoms with van der Waals surface area (Å²) in [5, 5.41) is 0. The van der Waals surface area contributed by atoms with E-state index in [2.05, 4.69) is 44.8 Å². The quantitative estimate of drug-likeness (QED) is 0.224. The summed E-state index contributed by atoms with van der Waals surface area (Å²) in [5.74, 6) is -0.0820. The van der Waals surface area contributed by atoms with Gasteiger partial charge in [-0.3, -0.25) is 0 Å². The molecule has 0 saturated carbocycles. The highest BCUT2D eigenvalue weighted by Gasteiger charge is 2.64. The Hall–Kier alpha value is -1.91. The van der Waals surface area contributed by atoms with Gasteiger partial charge in [0.15, 0.2) is 10.1 Å². The van der Waals surface area contributed by atoms with Crippen LogP contribution in [0.1, 0.15) is 38.3 Å². The number of benzene rings is 1. The molecule has 1 fully saturated rings. The van der Waals surface area contributed by atoms with Gasteiger partial charge in [0.2, 0.25) is 5.54 Å². The van der Waals surface area contributed by atoms with Gasteiger partial charge in [0.05, 0.1) is 26.6 Å². The number of halogens is 3. The van der Waals surface area contributed by atoms with Crippen LogP contribution < -0.4 is 0 Å². The number of quaternary nitrogens is 1. The lowest BCUT2D eigenvalue weighted by Crippen LogP contribution is -2.76. The van der Waals surface area contributed by atoms with E-state index in [0.717, 1.165) is 13.0 Å². The lowest BCUT2D eigenvalue weighted by atomic mass is 9.75. The Bertz CT molecular complexity index is 813. The zero-order valence-corrected chi connectivity index (χ0v) is 17.4. The first kappa shape index (κ1) is 25.1. The lowest BCUT2D eigenvalue weighted by Gasteiger charge is -2.59. The molecule has 1 aliphatic rings. The van der Waals surface area contributed by atoms with Crippen molar-refractivity contribution in [1.29, 1.82) is 0 Å². The maximum Gasteiger partial charge on any atom is 0.485 e. The fourth-order valence-electron chi connectivity index (χ4n) is 3.57. The van der Waals surface area contributed by atoms with Crippen molar-refractivity contribution in [3.05, 3.63) is 48.6 Å². The van der Waals surface area contributed by atoms with Gasteiger partial charge in [0.1, 0.15) is 6.04 Å². The Balaban J connectivity index is 0.000000447. The van der Waals surface area contributed by atoms with Gasteiger partial charge in [-0.2, -0.15) is 13.2 Å². The fraction of sp³-hybridized carbons (Fsp3) is 0.526. The molecule has 1 aromatic carbocycles. The molecule has 0 bridgehead atoms. The van der Waals surface area contributed by atoms with Crippen molar-refractivity contribution in [3.8, 4) is 0 Å². The highest BCUT2D eigenvalue weighted by molar-refractivity contribution is 7.86. The highest BCUT2D eigenvalue weighted by atomic mass is 32.2. The van der Waals surface area contributed by atoms with E-state index in [1.165, 1.54) is 5.56 Å². The van der Waals surface area contributed by atoms with Crippen LogP contribution in [0.5, 0.6) is 0 Å². The maximum atomic E-state index is 12.6. The Morgan fingerprint density at radius 1 is 1.38 bits per heavy atom. The standard InChI is InChI=1S/C18H26NO2.CHF3O3S/c1-5-12-18(17(20)21-6-2)13-14-19(18,4)15(3)16-10-8-7-9-11-16;2-1(3,4)8(5,6)7/h5,7-11,15H,1,6,12-14H2,2-4H3;(H,5,6,7)/q+1;/p-1/t15-,18+,19?;/m0./s1. The van der Waals surface area contributed by atoms with Crippen LogP contribution in [-0.2, 0) is 19.6 Å². The average molecular weight is 437 g/mol. The Morgan fingerprint density at radius 2 is 1.90 bits per heavy atom. The van der Waals surface area contributed by atoms with E-state index >= 15 is 0 Å². The number of rotatable bonds is 6. The van der Waals surface area contributed by atoms with Crippen LogP contribution in [0, 0.1) is 0 Å². The molecule has 0 radical (unpaired) electrons. The van der Waals surface area contributed by atoms with Crippen LogP contribution >= 0.6 is 0 Å². The van der Waals surface area contributed by atoms with Crippen molar-refractivity contribution in [1.82, 2.24) is 0 Å². The first-order chi connectivity index (χ1) is 13.3. The fourth-order valence-corrected chi connectivity index (χ4v) is 3.57. The van der Waals surface area contributed by atoms with Gasteiger partial charge in [-0.05, 0) is 13.8 Å². The number of hydrogen-bond donors (Lipinski definition) is 0. The molecule has 0 aliphatic carbocycles. The summed E-state index contributed by atoms with van der Waals surface area (Å²) >= 11 is 0. The van der Waals surface area contributed by atoms with E-state index in [1.807, 2.05) is 19.1 Å². The zero-order chi connectivity index (χ0) is 22.5. The Morgan fingerprint density at radius 3 is 2.24 bits per heavy atom. The van der Waals surface area contributed by atoms with E-state index in [9.17, 15) is 18.0 Å². The third-order valence-electron chi connectivity index (χ3n) is 5.53. The van der Waals surface area contributed by atoms with E-state index in [1.54, 1.807) is 0 Å². The highest BCUT2D eigenvalue weighted by Crippen LogP contribution is 2.48. The van der Waals surface area contributed by atoms with Crippen molar-refractivity contribution < 1.29 is 40.2 Å². The van der Waals surface area contributed by atoms with Crippen molar-refractivity contribution in [3.63, 3.8) is 0 Å². The SMILES string of the molecule is C=CC[C@]1(C(=O)OCC)CC[N+]1(C)[C@@H](C)c1ccccc1.O=S(=O)([O-])C(F)(F)F. The van der Waals surface area contributed by atoms with E-state index in [4.69, 9.17) is 17.7 Å².